The molecule has 2 rings (SSSR count). The van der Waals surface area contributed by atoms with Gasteiger partial charge in [0.2, 0.25) is 0 Å². The lowest BCUT2D eigenvalue weighted by Gasteiger charge is -2.40. The first kappa shape index (κ1) is 13.2. The van der Waals surface area contributed by atoms with Crippen molar-refractivity contribution in [2.75, 3.05) is 26.2 Å². The largest absolute Gasteiger partial charge is 0.314 e. The number of Topliss-reactive ketones (excluding diaryl/α,β-unsaturated/α-hetero) is 1. The summed E-state index contributed by atoms with van der Waals surface area (Å²) in [6.07, 6.45) is 3.41. The van der Waals surface area contributed by atoms with Crippen LogP contribution < -0.4 is 5.32 Å². The summed E-state index contributed by atoms with van der Waals surface area (Å²) in [6, 6.07) is 1.89. The number of hydrogen-bond acceptors (Lipinski definition) is 4. The zero-order valence-electron chi connectivity index (χ0n) is 11.4. The highest BCUT2D eigenvalue weighted by Crippen LogP contribution is 2.22. The van der Waals surface area contributed by atoms with Crippen LogP contribution >= 0.6 is 0 Å². The zero-order chi connectivity index (χ0) is 13.2. The van der Waals surface area contributed by atoms with Crippen LogP contribution in [0, 0.1) is 6.92 Å². The predicted octanol–water partition coefficient (Wildman–Crippen LogP) is 1.26. The van der Waals surface area contributed by atoms with Crippen molar-refractivity contribution in [3.8, 4) is 0 Å². The van der Waals surface area contributed by atoms with Crippen molar-refractivity contribution in [1.82, 2.24) is 15.2 Å². The molecule has 0 spiro atoms. The minimum atomic E-state index is -0.462. The van der Waals surface area contributed by atoms with Gasteiger partial charge in [-0.3, -0.25) is 14.7 Å². The summed E-state index contributed by atoms with van der Waals surface area (Å²) in [5.41, 5.74) is 1.27. The molecule has 1 saturated heterocycles. The highest BCUT2D eigenvalue weighted by atomic mass is 16.1. The maximum absolute atomic E-state index is 12.7. The molecular formula is C14H21N3O. The molecule has 1 aromatic heterocycles. The fourth-order valence-corrected chi connectivity index (χ4v) is 2.40. The van der Waals surface area contributed by atoms with E-state index >= 15 is 0 Å². The molecule has 2 heterocycles. The Morgan fingerprint density at radius 1 is 1.39 bits per heavy atom. The molecule has 0 saturated carbocycles. The molecule has 0 aliphatic carbocycles. The van der Waals surface area contributed by atoms with Gasteiger partial charge in [0.05, 0.1) is 5.54 Å². The minimum Gasteiger partial charge on any atom is -0.314 e. The molecule has 1 aromatic rings. The van der Waals surface area contributed by atoms with Gasteiger partial charge in [-0.1, -0.05) is 0 Å². The van der Waals surface area contributed by atoms with Gasteiger partial charge in [-0.2, -0.15) is 0 Å². The zero-order valence-corrected chi connectivity index (χ0v) is 11.4. The maximum Gasteiger partial charge on any atom is 0.184 e. The van der Waals surface area contributed by atoms with Gasteiger partial charge in [-0.05, 0) is 32.4 Å². The molecule has 1 fully saturated rings. The van der Waals surface area contributed by atoms with Gasteiger partial charge < -0.3 is 5.32 Å². The molecule has 1 aliphatic heterocycles. The summed E-state index contributed by atoms with van der Waals surface area (Å²) in [5, 5.41) is 3.31. The fraction of sp³-hybridized carbons (Fsp3) is 0.571. The molecular weight excluding hydrogens is 226 g/mol. The second kappa shape index (κ2) is 5.16. The summed E-state index contributed by atoms with van der Waals surface area (Å²) in [6.45, 7) is 9.70. The van der Waals surface area contributed by atoms with Gasteiger partial charge in [0.15, 0.2) is 5.78 Å². The standard InChI is InChI=1S/C14H21N3O/c1-11-4-5-16-10-12(11)13(18)14(2,3)17-8-6-15-7-9-17/h4-5,10,15H,6-9H2,1-3H3. The van der Waals surface area contributed by atoms with E-state index in [0.717, 1.165) is 37.3 Å². The van der Waals surface area contributed by atoms with Crippen LogP contribution in [0.5, 0.6) is 0 Å². The van der Waals surface area contributed by atoms with E-state index in [1.165, 1.54) is 0 Å². The molecule has 0 aromatic carbocycles. The molecule has 1 aliphatic rings. The van der Waals surface area contributed by atoms with Crippen LogP contribution in [-0.4, -0.2) is 47.4 Å². The Labute approximate surface area is 108 Å². The number of nitrogens with zero attached hydrogens (tertiary/aromatic N) is 2. The van der Waals surface area contributed by atoms with Crippen molar-refractivity contribution in [1.29, 1.82) is 0 Å². The third-order valence-corrected chi connectivity index (χ3v) is 3.75. The third kappa shape index (κ3) is 2.44. The summed E-state index contributed by atoms with van der Waals surface area (Å²) >= 11 is 0. The van der Waals surface area contributed by atoms with Crippen LogP contribution in [0.3, 0.4) is 0 Å². The third-order valence-electron chi connectivity index (χ3n) is 3.75. The van der Waals surface area contributed by atoms with Crippen LogP contribution in [0.4, 0.5) is 0 Å². The Morgan fingerprint density at radius 2 is 2.06 bits per heavy atom. The Kier molecular flexibility index (Phi) is 3.78. The molecule has 4 heteroatoms. The number of piperazine rings is 1. The van der Waals surface area contributed by atoms with Crippen molar-refractivity contribution >= 4 is 5.78 Å². The lowest BCUT2D eigenvalue weighted by Crippen LogP contribution is -2.57. The number of carbonyl (C=O) groups excluding carboxylic acids is 1. The molecule has 0 bridgehead atoms. The molecule has 1 N–H and O–H groups in total. The second-order valence-electron chi connectivity index (χ2n) is 5.32. The van der Waals surface area contributed by atoms with E-state index < -0.39 is 5.54 Å². The van der Waals surface area contributed by atoms with Crippen molar-refractivity contribution in [2.45, 2.75) is 26.3 Å². The first-order valence-electron chi connectivity index (χ1n) is 6.44. The van der Waals surface area contributed by atoms with Gasteiger partial charge in [-0.15, -0.1) is 0 Å². The lowest BCUT2D eigenvalue weighted by atomic mass is 9.89. The highest BCUT2D eigenvalue weighted by Gasteiger charge is 2.36. The van der Waals surface area contributed by atoms with Crippen LogP contribution in [0.25, 0.3) is 0 Å². The maximum atomic E-state index is 12.7. The number of pyridine rings is 1. The minimum absolute atomic E-state index is 0.162. The average Bonchev–Trinajstić information content (AvgIpc) is 2.39. The quantitative estimate of drug-likeness (QED) is 0.817. The summed E-state index contributed by atoms with van der Waals surface area (Å²) in [4.78, 5) is 19.0. The first-order chi connectivity index (χ1) is 8.53. The molecule has 0 unspecified atom stereocenters. The van der Waals surface area contributed by atoms with E-state index in [9.17, 15) is 4.79 Å². The van der Waals surface area contributed by atoms with E-state index in [1.807, 2.05) is 26.8 Å². The van der Waals surface area contributed by atoms with E-state index in [4.69, 9.17) is 0 Å². The number of hydrogen-bond donors (Lipinski definition) is 1. The van der Waals surface area contributed by atoms with Crippen LogP contribution in [0.1, 0.15) is 29.8 Å². The van der Waals surface area contributed by atoms with Gasteiger partial charge in [-0.25, -0.2) is 0 Å². The van der Waals surface area contributed by atoms with Crippen molar-refractivity contribution in [3.63, 3.8) is 0 Å². The van der Waals surface area contributed by atoms with E-state index in [-0.39, 0.29) is 5.78 Å². The average molecular weight is 247 g/mol. The van der Waals surface area contributed by atoms with Gasteiger partial charge in [0.1, 0.15) is 0 Å². The van der Waals surface area contributed by atoms with Gasteiger partial charge in [0, 0.05) is 44.1 Å². The molecule has 0 amide bonds. The van der Waals surface area contributed by atoms with E-state index in [0.29, 0.717) is 0 Å². The topological polar surface area (TPSA) is 45.2 Å². The van der Waals surface area contributed by atoms with E-state index in [1.54, 1.807) is 12.4 Å². The van der Waals surface area contributed by atoms with Crippen LogP contribution in [0.15, 0.2) is 18.5 Å². The van der Waals surface area contributed by atoms with Crippen molar-refractivity contribution < 1.29 is 4.79 Å². The second-order valence-corrected chi connectivity index (χ2v) is 5.32. The number of ketones is 1. The molecule has 4 nitrogen and oxygen atoms in total. The number of aromatic nitrogens is 1. The summed E-state index contributed by atoms with van der Waals surface area (Å²) < 4.78 is 0. The number of nitrogens with one attached hydrogen (secondary N) is 1. The lowest BCUT2D eigenvalue weighted by molar-refractivity contribution is 0.0601. The number of carbonyl (C=O) groups is 1. The van der Waals surface area contributed by atoms with Crippen LogP contribution in [-0.2, 0) is 0 Å². The first-order valence-corrected chi connectivity index (χ1v) is 6.44. The molecule has 18 heavy (non-hydrogen) atoms. The monoisotopic (exact) mass is 247 g/mol. The smallest absolute Gasteiger partial charge is 0.184 e. The fourth-order valence-electron chi connectivity index (χ4n) is 2.40. The Hall–Kier alpha value is -1.26. The Balaban J connectivity index is 2.24. The van der Waals surface area contributed by atoms with Gasteiger partial charge >= 0.3 is 0 Å². The Bertz CT molecular complexity index is 436. The van der Waals surface area contributed by atoms with Crippen LogP contribution in [0.2, 0.25) is 0 Å². The van der Waals surface area contributed by atoms with Crippen molar-refractivity contribution in [2.24, 2.45) is 0 Å². The molecule has 98 valence electrons. The summed E-state index contributed by atoms with van der Waals surface area (Å²) in [7, 11) is 0. The SMILES string of the molecule is Cc1ccncc1C(=O)C(C)(C)N1CCNCC1. The molecule has 0 radical (unpaired) electrons. The summed E-state index contributed by atoms with van der Waals surface area (Å²) in [5.74, 6) is 0.162. The van der Waals surface area contributed by atoms with Crippen molar-refractivity contribution in [3.05, 3.63) is 29.6 Å². The van der Waals surface area contributed by atoms with E-state index in [2.05, 4.69) is 15.2 Å². The highest BCUT2D eigenvalue weighted by molar-refractivity contribution is 6.03. The Morgan fingerprint density at radius 3 is 2.67 bits per heavy atom. The predicted molar refractivity (Wildman–Crippen MR) is 71.8 cm³/mol. The molecule has 0 atom stereocenters. The normalized spacial score (nSPS) is 17.7. The number of rotatable bonds is 3. The van der Waals surface area contributed by atoms with Gasteiger partial charge in [0.25, 0.3) is 0 Å². The number of aryl methyl sites for hydroxylation is 1.